The van der Waals surface area contributed by atoms with E-state index in [2.05, 4.69) is 10.1 Å². The smallest absolute Gasteiger partial charge is 0.236 e. The molecule has 5 nitrogen and oxygen atoms in total. The average molecular weight is 219 g/mol. The first-order valence-corrected chi connectivity index (χ1v) is 4.50. The molecule has 0 spiro atoms. The summed E-state index contributed by atoms with van der Waals surface area (Å²) in [5.74, 6) is -1.24. The second kappa shape index (κ2) is 5.20. The van der Waals surface area contributed by atoms with Crippen LogP contribution in [0.5, 0.6) is 5.75 Å². The van der Waals surface area contributed by atoms with Crippen LogP contribution < -0.4 is 5.32 Å². The monoisotopic (exact) mass is 219 g/mol. The highest BCUT2D eigenvalue weighted by Gasteiger charge is 2.05. The summed E-state index contributed by atoms with van der Waals surface area (Å²) in [5.41, 5.74) is 0.874. The molecule has 16 heavy (non-hydrogen) atoms. The van der Waals surface area contributed by atoms with E-state index in [1.165, 1.54) is 19.1 Å². The van der Waals surface area contributed by atoms with Gasteiger partial charge in [-0.15, -0.1) is 0 Å². The minimum Gasteiger partial charge on any atom is -0.506 e. The van der Waals surface area contributed by atoms with Gasteiger partial charge in [0, 0.05) is 6.92 Å². The molecule has 0 fully saturated rings. The molecule has 0 bridgehead atoms. The maximum Gasteiger partial charge on any atom is 0.236 e. The van der Waals surface area contributed by atoms with Crippen molar-refractivity contribution in [2.75, 3.05) is 5.32 Å². The molecule has 0 saturated heterocycles. The number of amides is 1. The first kappa shape index (κ1) is 12.1. The van der Waals surface area contributed by atoms with E-state index in [9.17, 15) is 14.7 Å². The molecule has 0 aliphatic heterocycles. The van der Waals surface area contributed by atoms with Crippen molar-refractivity contribution < 1.29 is 19.4 Å². The number of nitrogens with one attached hydrogen (secondary N) is 1. The van der Waals surface area contributed by atoms with Gasteiger partial charge in [-0.3, -0.25) is 9.59 Å². The quantitative estimate of drug-likeness (QED) is 0.590. The number of benzene rings is 1. The zero-order chi connectivity index (χ0) is 12.1. The largest absolute Gasteiger partial charge is 0.506 e. The molecular formula is C10H10BNO4. The van der Waals surface area contributed by atoms with Gasteiger partial charge in [-0.2, -0.15) is 0 Å². The Balaban J connectivity index is 2.80. The molecule has 1 rings (SSSR count). The minimum absolute atomic E-state index is 0.0117. The topological polar surface area (TPSA) is 75.6 Å². The minimum atomic E-state index is -0.880. The van der Waals surface area contributed by atoms with Crippen LogP contribution in [-0.2, 0) is 16.1 Å². The summed E-state index contributed by atoms with van der Waals surface area (Å²) in [6.45, 7) is 1.31. The van der Waals surface area contributed by atoms with Gasteiger partial charge in [0.2, 0.25) is 19.6 Å². The summed E-state index contributed by atoms with van der Waals surface area (Å²) in [4.78, 5) is 21.2. The van der Waals surface area contributed by atoms with Crippen LogP contribution in [0.2, 0.25) is 0 Å². The van der Waals surface area contributed by atoms with Crippen LogP contribution in [0.4, 0.5) is 10.5 Å². The van der Waals surface area contributed by atoms with Gasteiger partial charge in [0.25, 0.3) is 0 Å². The summed E-state index contributed by atoms with van der Waals surface area (Å²) in [5, 5.41) is 11.9. The third-order valence-electron chi connectivity index (χ3n) is 1.75. The van der Waals surface area contributed by atoms with Crippen molar-refractivity contribution in [2.24, 2.45) is 0 Å². The van der Waals surface area contributed by atoms with Crippen LogP contribution in [0.15, 0.2) is 18.2 Å². The molecule has 82 valence electrons. The van der Waals surface area contributed by atoms with Crippen molar-refractivity contribution >= 4 is 25.3 Å². The number of phenols is 1. The molecule has 1 aromatic rings. The van der Waals surface area contributed by atoms with Gasteiger partial charge < -0.3 is 15.2 Å². The van der Waals surface area contributed by atoms with Gasteiger partial charge in [-0.1, -0.05) is 6.07 Å². The number of aromatic hydroxyl groups is 1. The molecule has 2 N–H and O–H groups in total. The lowest BCUT2D eigenvalue weighted by Crippen LogP contribution is -2.07. The summed E-state index contributed by atoms with van der Waals surface area (Å²) >= 11 is 0. The van der Waals surface area contributed by atoms with Crippen LogP contribution in [0.1, 0.15) is 12.5 Å². The SMILES string of the molecule is [B]C(=O)OCc1ccc(O)c(NC(C)=O)c1. The van der Waals surface area contributed by atoms with Crippen LogP contribution in [0, 0.1) is 0 Å². The third kappa shape index (κ3) is 3.64. The fourth-order valence-electron chi connectivity index (χ4n) is 1.12. The third-order valence-corrected chi connectivity index (χ3v) is 1.75. The number of phenolic OH excluding ortho intramolecular Hbond substituents is 1. The molecule has 0 aliphatic rings. The molecule has 0 aliphatic carbocycles. The predicted molar refractivity (Wildman–Crippen MR) is 58.3 cm³/mol. The lowest BCUT2D eigenvalue weighted by molar-refractivity contribution is -0.114. The fraction of sp³-hybridized carbons (Fsp3) is 0.200. The zero-order valence-corrected chi connectivity index (χ0v) is 8.69. The van der Waals surface area contributed by atoms with Gasteiger partial charge >= 0.3 is 0 Å². The lowest BCUT2D eigenvalue weighted by Gasteiger charge is -2.08. The average Bonchev–Trinajstić information content (AvgIpc) is 2.18. The molecule has 0 aromatic heterocycles. The summed E-state index contributed by atoms with van der Waals surface area (Å²) in [7, 11) is 4.81. The van der Waals surface area contributed by atoms with Gasteiger partial charge in [0.1, 0.15) is 12.4 Å². The molecule has 1 aromatic carbocycles. The molecule has 0 atom stereocenters. The number of carbonyl (C=O) groups is 2. The molecule has 1 amide bonds. The highest BCUT2D eigenvalue weighted by Crippen LogP contribution is 2.24. The number of hydrogen-bond donors (Lipinski definition) is 2. The molecular weight excluding hydrogens is 209 g/mol. The number of rotatable bonds is 3. The van der Waals surface area contributed by atoms with Crippen molar-refractivity contribution in [1.82, 2.24) is 0 Å². The predicted octanol–water partition coefficient (Wildman–Crippen LogP) is 1.16. The van der Waals surface area contributed by atoms with Crippen molar-refractivity contribution in [2.45, 2.75) is 13.5 Å². The van der Waals surface area contributed by atoms with Crippen LogP contribution >= 0.6 is 0 Å². The van der Waals surface area contributed by atoms with Crippen LogP contribution in [0.3, 0.4) is 0 Å². The highest BCUT2D eigenvalue weighted by molar-refractivity contribution is 6.55. The molecule has 6 heteroatoms. The van der Waals surface area contributed by atoms with Gasteiger partial charge in [-0.25, -0.2) is 0 Å². The first-order chi connectivity index (χ1) is 7.49. The normalized spacial score (nSPS) is 9.56. The van der Waals surface area contributed by atoms with E-state index < -0.39 is 5.87 Å². The van der Waals surface area contributed by atoms with E-state index in [0.717, 1.165) is 0 Å². The fourth-order valence-corrected chi connectivity index (χ4v) is 1.12. The number of hydrogen-bond acceptors (Lipinski definition) is 4. The molecule has 2 radical (unpaired) electrons. The Morgan fingerprint density at radius 2 is 2.19 bits per heavy atom. The Kier molecular flexibility index (Phi) is 3.93. The van der Waals surface area contributed by atoms with Gasteiger partial charge in [0.15, 0.2) is 0 Å². The van der Waals surface area contributed by atoms with Gasteiger partial charge in [-0.05, 0) is 17.7 Å². The Morgan fingerprint density at radius 1 is 1.50 bits per heavy atom. The Labute approximate surface area is 93.8 Å². The zero-order valence-electron chi connectivity index (χ0n) is 8.69. The van der Waals surface area contributed by atoms with E-state index in [1.54, 1.807) is 6.07 Å². The Bertz CT molecular complexity index is 419. The number of carbonyl (C=O) groups excluding carboxylic acids is 2. The first-order valence-electron chi connectivity index (χ1n) is 4.50. The van der Waals surface area contributed by atoms with E-state index in [-0.39, 0.29) is 24.0 Å². The van der Waals surface area contributed by atoms with E-state index in [1.807, 2.05) is 0 Å². The second-order valence-electron chi connectivity index (χ2n) is 3.14. The van der Waals surface area contributed by atoms with Gasteiger partial charge in [0.05, 0.1) is 5.69 Å². The van der Waals surface area contributed by atoms with Crippen LogP contribution in [0.25, 0.3) is 0 Å². The standard InChI is InChI=1S/C10H10BNO4/c1-6(13)12-8-4-7(2-3-9(8)14)5-16-10(11)15/h2-4,14H,5H2,1H3,(H,12,13). The molecule has 0 unspecified atom stereocenters. The summed E-state index contributed by atoms with van der Waals surface area (Å²) < 4.78 is 4.57. The Hall–Kier alpha value is -1.98. The van der Waals surface area contributed by atoms with E-state index >= 15 is 0 Å². The second-order valence-corrected chi connectivity index (χ2v) is 3.14. The lowest BCUT2D eigenvalue weighted by atomic mass is 10.1. The van der Waals surface area contributed by atoms with E-state index in [0.29, 0.717) is 5.56 Å². The van der Waals surface area contributed by atoms with Crippen molar-refractivity contribution in [3.8, 4) is 5.75 Å². The maximum absolute atomic E-state index is 10.8. The van der Waals surface area contributed by atoms with Crippen LogP contribution in [-0.4, -0.2) is 24.7 Å². The summed E-state index contributed by atoms with van der Waals surface area (Å²) in [6.07, 6.45) is 0. The van der Waals surface area contributed by atoms with Crippen molar-refractivity contribution in [1.29, 1.82) is 0 Å². The molecule has 0 heterocycles. The van der Waals surface area contributed by atoms with E-state index in [4.69, 9.17) is 7.85 Å². The molecule has 0 saturated carbocycles. The number of ether oxygens (including phenoxy) is 1. The number of anilines is 1. The summed E-state index contributed by atoms with van der Waals surface area (Å²) in [6, 6.07) is 4.45. The van der Waals surface area contributed by atoms with Crippen molar-refractivity contribution in [3.63, 3.8) is 0 Å². The Morgan fingerprint density at radius 3 is 2.75 bits per heavy atom. The van der Waals surface area contributed by atoms with Crippen molar-refractivity contribution in [3.05, 3.63) is 23.8 Å². The highest BCUT2D eigenvalue weighted by atomic mass is 16.5. The maximum atomic E-state index is 10.8.